The average Bonchev–Trinajstić information content (AvgIpc) is 2.65. The van der Waals surface area contributed by atoms with E-state index in [0.29, 0.717) is 17.4 Å². The molecule has 0 radical (unpaired) electrons. The minimum absolute atomic E-state index is 0.0535. The monoisotopic (exact) mass is 256 g/mol. The molecule has 0 saturated carbocycles. The highest BCUT2D eigenvalue weighted by molar-refractivity contribution is 7.14. The van der Waals surface area contributed by atoms with Gasteiger partial charge < -0.3 is 10.6 Å². The third-order valence-corrected chi connectivity index (χ3v) is 2.47. The van der Waals surface area contributed by atoms with Gasteiger partial charge in [-0.2, -0.15) is 0 Å². The van der Waals surface area contributed by atoms with Gasteiger partial charge in [0.25, 0.3) is 5.91 Å². The van der Waals surface area contributed by atoms with Crippen LogP contribution in [0, 0.1) is 0 Å². The zero-order valence-electron chi connectivity index (χ0n) is 10.0. The van der Waals surface area contributed by atoms with Gasteiger partial charge in [0.1, 0.15) is 5.69 Å². The van der Waals surface area contributed by atoms with E-state index >= 15 is 0 Å². The number of anilines is 1. The second-order valence-electron chi connectivity index (χ2n) is 3.65. The third-order valence-electron chi connectivity index (χ3n) is 1.71. The smallest absolute Gasteiger partial charge is 0.321 e. The molecule has 3 N–H and O–H groups in total. The summed E-state index contributed by atoms with van der Waals surface area (Å²) in [4.78, 5) is 26.8. The molecule has 0 aromatic carbocycles. The number of nitrogens with zero attached hydrogens (tertiary/aromatic N) is 1. The number of nitrogens with one attached hydrogen (secondary N) is 3. The molecule has 1 aromatic heterocycles. The van der Waals surface area contributed by atoms with Crippen molar-refractivity contribution in [1.29, 1.82) is 0 Å². The Morgan fingerprint density at radius 1 is 1.47 bits per heavy atom. The number of hydrogen-bond acceptors (Lipinski definition) is 4. The first-order valence-electron chi connectivity index (χ1n) is 5.34. The first-order valence-corrected chi connectivity index (χ1v) is 6.22. The molecule has 1 rings (SSSR count). The van der Waals surface area contributed by atoms with Crippen LogP contribution in [-0.4, -0.2) is 29.5 Å². The Balaban J connectivity index is 2.56. The van der Waals surface area contributed by atoms with E-state index in [1.165, 1.54) is 11.3 Å². The van der Waals surface area contributed by atoms with Crippen LogP contribution < -0.4 is 16.0 Å². The van der Waals surface area contributed by atoms with Gasteiger partial charge in [-0.25, -0.2) is 9.78 Å². The van der Waals surface area contributed by atoms with Crippen molar-refractivity contribution in [3.05, 3.63) is 11.1 Å². The van der Waals surface area contributed by atoms with Crippen molar-refractivity contribution >= 4 is 28.4 Å². The van der Waals surface area contributed by atoms with Gasteiger partial charge in [0.15, 0.2) is 5.13 Å². The SMILES string of the molecule is CCNC(=O)c1csc(NC(=O)NC(C)C)n1. The molecule has 1 heterocycles. The van der Waals surface area contributed by atoms with Crippen molar-refractivity contribution in [2.75, 3.05) is 11.9 Å². The zero-order chi connectivity index (χ0) is 12.8. The molecular weight excluding hydrogens is 240 g/mol. The Morgan fingerprint density at radius 2 is 2.18 bits per heavy atom. The summed E-state index contributed by atoms with van der Waals surface area (Å²) < 4.78 is 0. The summed E-state index contributed by atoms with van der Waals surface area (Å²) in [5, 5.41) is 9.89. The third kappa shape index (κ3) is 4.39. The number of urea groups is 1. The van der Waals surface area contributed by atoms with E-state index in [2.05, 4.69) is 20.9 Å². The molecule has 17 heavy (non-hydrogen) atoms. The van der Waals surface area contributed by atoms with Gasteiger partial charge in [0, 0.05) is 18.0 Å². The summed E-state index contributed by atoms with van der Waals surface area (Å²) in [6.07, 6.45) is 0. The highest BCUT2D eigenvalue weighted by atomic mass is 32.1. The number of amides is 3. The lowest BCUT2D eigenvalue weighted by molar-refractivity contribution is 0.0951. The maximum atomic E-state index is 11.4. The molecule has 0 bridgehead atoms. The molecule has 6 nitrogen and oxygen atoms in total. The molecule has 94 valence electrons. The van der Waals surface area contributed by atoms with Crippen molar-refractivity contribution < 1.29 is 9.59 Å². The molecule has 0 saturated heterocycles. The lowest BCUT2D eigenvalue weighted by Crippen LogP contribution is -2.34. The molecule has 0 fully saturated rings. The quantitative estimate of drug-likeness (QED) is 0.762. The fourth-order valence-corrected chi connectivity index (χ4v) is 1.77. The van der Waals surface area contributed by atoms with Gasteiger partial charge in [0.2, 0.25) is 0 Å². The van der Waals surface area contributed by atoms with E-state index in [4.69, 9.17) is 0 Å². The maximum absolute atomic E-state index is 11.4. The fourth-order valence-electron chi connectivity index (χ4n) is 1.08. The van der Waals surface area contributed by atoms with E-state index in [-0.39, 0.29) is 18.0 Å². The Labute approximate surface area is 104 Å². The van der Waals surface area contributed by atoms with Gasteiger partial charge >= 0.3 is 6.03 Å². The summed E-state index contributed by atoms with van der Waals surface area (Å²) in [7, 11) is 0. The van der Waals surface area contributed by atoms with Crippen LogP contribution in [0.25, 0.3) is 0 Å². The zero-order valence-corrected chi connectivity index (χ0v) is 10.9. The predicted molar refractivity (Wildman–Crippen MR) is 67.4 cm³/mol. The standard InChI is InChI=1S/C10H16N4O2S/c1-4-11-8(15)7-5-17-10(13-7)14-9(16)12-6(2)3/h5-6H,4H2,1-3H3,(H,11,15)(H2,12,13,14,16). The Morgan fingerprint density at radius 3 is 2.76 bits per heavy atom. The van der Waals surface area contributed by atoms with E-state index in [0.717, 1.165) is 0 Å². The molecule has 1 aromatic rings. The topological polar surface area (TPSA) is 83.1 Å². The molecule has 0 aliphatic rings. The van der Waals surface area contributed by atoms with Crippen LogP contribution in [0.5, 0.6) is 0 Å². The Kier molecular flexibility index (Phi) is 4.89. The molecule has 0 spiro atoms. The maximum Gasteiger partial charge on any atom is 0.321 e. The second kappa shape index (κ2) is 6.19. The molecule has 0 aliphatic carbocycles. The van der Waals surface area contributed by atoms with Crippen molar-refractivity contribution in [3.63, 3.8) is 0 Å². The highest BCUT2D eigenvalue weighted by Gasteiger charge is 2.11. The van der Waals surface area contributed by atoms with Crippen molar-refractivity contribution in [3.8, 4) is 0 Å². The van der Waals surface area contributed by atoms with Crippen LogP contribution in [0.2, 0.25) is 0 Å². The minimum Gasteiger partial charge on any atom is -0.351 e. The van der Waals surface area contributed by atoms with Crippen LogP contribution >= 0.6 is 11.3 Å². The van der Waals surface area contributed by atoms with Gasteiger partial charge in [-0.3, -0.25) is 10.1 Å². The fraction of sp³-hybridized carbons (Fsp3) is 0.500. The first-order chi connectivity index (χ1) is 8.02. The Hall–Kier alpha value is -1.63. The number of aromatic nitrogens is 1. The first kappa shape index (κ1) is 13.4. The lowest BCUT2D eigenvalue weighted by atomic mass is 10.4. The number of carbonyl (C=O) groups is 2. The van der Waals surface area contributed by atoms with E-state index in [9.17, 15) is 9.59 Å². The van der Waals surface area contributed by atoms with Gasteiger partial charge in [-0.05, 0) is 20.8 Å². The summed E-state index contributed by atoms with van der Waals surface area (Å²) in [5.41, 5.74) is 0.316. The normalized spacial score (nSPS) is 10.1. The van der Waals surface area contributed by atoms with Crippen LogP contribution in [-0.2, 0) is 0 Å². The van der Waals surface area contributed by atoms with Crippen LogP contribution in [0.1, 0.15) is 31.3 Å². The summed E-state index contributed by atoms with van der Waals surface area (Å²) in [6.45, 7) is 6.11. The lowest BCUT2D eigenvalue weighted by Gasteiger charge is -2.07. The van der Waals surface area contributed by atoms with Crippen LogP contribution in [0.15, 0.2) is 5.38 Å². The summed E-state index contributed by atoms with van der Waals surface area (Å²) in [5.74, 6) is -0.235. The van der Waals surface area contributed by atoms with Gasteiger partial charge in [0.05, 0.1) is 0 Å². The molecule has 3 amide bonds. The molecule has 0 atom stereocenters. The number of thiazole rings is 1. The second-order valence-corrected chi connectivity index (χ2v) is 4.51. The Bertz CT molecular complexity index is 403. The summed E-state index contributed by atoms with van der Waals surface area (Å²) >= 11 is 1.22. The van der Waals surface area contributed by atoms with Crippen LogP contribution in [0.4, 0.5) is 9.93 Å². The molecular formula is C10H16N4O2S. The predicted octanol–water partition coefficient (Wildman–Crippen LogP) is 1.42. The summed E-state index contributed by atoms with van der Waals surface area (Å²) in [6, 6.07) is -0.269. The van der Waals surface area contributed by atoms with Crippen molar-refractivity contribution in [1.82, 2.24) is 15.6 Å². The molecule has 0 unspecified atom stereocenters. The van der Waals surface area contributed by atoms with Crippen LogP contribution in [0.3, 0.4) is 0 Å². The highest BCUT2D eigenvalue weighted by Crippen LogP contribution is 2.15. The molecule has 0 aliphatic heterocycles. The average molecular weight is 256 g/mol. The number of rotatable bonds is 4. The van der Waals surface area contributed by atoms with Gasteiger partial charge in [-0.15, -0.1) is 11.3 Å². The number of hydrogen-bond donors (Lipinski definition) is 3. The largest absolute Gasteiger partial charge is 0.351 e. The minimum atomic E-state index is -0.322. The van der Waals surface area contributed by atoms with E-state index in [1.807, 2.05) is 20.8 Å². The molecule has 7 heteroatoms. The number of carbonyl (C=O) groups excluding carboxylic acids is 2. The van der Waals surface area contributed by atoms with E-state index in [1.54, 1.807) is 5.38 Å². The van der Waals surface area contributed by atoms with E-state index < -0.39 is 0 Å². The van der Waals surface area contributed by atoms with Crippen molar-refractivity contribution in [2.45, 2.75) is 26.8 Å². The van der Waals surface area contributed by atoms with Crippen molar-refractivity contribution in [2.24, 2.45) is 0 Å². The van der Waals surface area contributed by atoms with Gasteiger partial charge in [-0.1, -0.05) is 0 Å².